The predicted octanol–water partition coefficient (Wildman–Crippen LogP) is 2.40. The van der Waals surface area contributed by atoms with Crippen LogP contribution in [0.2, 0.25) is 0 Å². The number of nitrogens with zero attached hydrogens (tertiary/aromatic N) is 2. The average Bonchev–Trinajstić information content (AvgIpc) is 2.42. The van der Waals surface area contributed by atoms with Crippen LogP contribution in [0.5, 0.6) is 0 Å². The zero-order chi connectivity index (χ0) is 15.0. The van der Waals surface area contributed by atoms with Crippen molar-refractivity contribution in [3.8, 4) is 12.3 Å². The number of hydrogen-bond donors (Lipinski definition) is 1. The zero-order valence-corrected chi connectivity index (χ0v) is 10.9. The van der Waals surface area contributed by atoms with Gasteiger partial charge in [0.1, 0.15) is 0 Å². The van der Waals surface area contributed by atoms with E-state index in [-0.39, 0.29) is 11.4 Å². The molecule has 0 spiro atoms. The van der Waals surface area contributed by atoms with Gasteiger partial charge in [-0.3, -0.25) is 20.2 Å². The smallest absolute Gasteiger partial charge is 0.280 e. The first-order chi connectivity index (χ1) is 9.56. The second-order valence-corrected chi connectivity index (χ2v) is 4.17. The normalized spacial score (nSPS) is 9.95. The zero-order valence-electron chi connectivity index (χ0n) is 10.9. The summed E-state index contributed by atoms with van der Waals surface area (Å²) in [5, 5.41) is 24.6. The van der Waals surface area contributed by atoms with Crippen LogP contribution < -0.4 is 5.32 Å². The van der Waals surface area contributed by atoms with Crippen molar-refractivity contribution in [2.24, 2.45) is 0 Å². The van der Waals surface area contributed by atoms with E-state index in [1.807, 2.05) is 0 Å². The Balaban J connectivity index is 2.63. The molecule has 0 aromatic heterocycles. The summed E-state index contributed by atoms with van der Waals surface area (Å²) < 4.78 is 0. The van der Waals surface area contributed by atoms with Crippen molar-refractivity contribution in [3.63, 3.8) is 0 Å². The number of hydrogen-bond acceptors (Lipinski definition) is 5. The number of nitro benzene ring substituents is 2. The van der Waals surface area contributed by atoms with Gasteiger partial charge >= 0.3 is 0 Å². The SMILES string of the molecule is C#CCCCCNCc1ccc([N+](=O)[O-])cc1[N+](=O)[O-]. The molecule has 0 aliphatic rings. The van der Waals surface area contributed by atoms with Crippen LogP contribution >= 0.6 is 0 Å². The molecule has 1 aromatic rings. The van der Waals surface area contributed by atoms with Crippen molar-refractivity contribution in [2.45, 2.75) is 25.8 Å². The Morgan fingerprint density at radius 2 is 1.95 bits per heavy atom. The molecule has 1 rings (SSSR count). The third-order valence-electron chi connectivity index (χ3n) is 2.72. The molecule has 7 heteroatoms. The monoisotopic (exact) mass is 277 g/mol. The van der Waals surface area contributed by atoms with Crippen molar-refractivity contribution in [3.05, 3.63) is 44.0 Å². The molecule has 0 unspecified atom stereocenters. The predicted molar refractivity (Wildman–Crippen MR) is 74.1 cm³/mol. The van der Waals surface area contributed by atoms with Crippen LogP contribution in [0, 0.1) is 32.6 Å². The number of nitrogens with one attached hydrogen (secondary N) is 1. The van der Waals surface area contributed by atoms with Gasteiger partial charge in [0.15, 0.2) is 0 Å². The second-order valence-electron chi connectivity index (χ2n) is 4.17. The number of unbranched alkanes of at least 4 members (excludes halogenated alkanes) is 2. The molecule has 0 saturated carbocycles. The summed E-state index contributed by atoms with van der Waals surface area (Å²) >= 11 is 0. The van der Waals surface area contributed by atoms with Crippen LogP contribution in [0.3, 0.4) is 0 Å². The molecular formula is C13H15N3O4. The van der Waals surface area contributed by atoms with Crippen molar-refractivity contribution in [1.29, 1.82) is 0 Å². The van der Waals surface area contributed by atoms with Crippen LogP contribution in [0.25, 0.3) is 0 Å². The van der Waals surface area contributed by atoms with E-state index in [0.717, 1.165) is 18.9 Å². The molecule has 0 aliphatic heterocycles. The molecule has 0 bridgehead atoms. The van der Waals surface area contributed by atoms with Gasteiger partial charge in [-0.25, -0.2) is 0 Å². The lowest BCUT2D eigenvalue weighted by Gasteiger charge is -2.05. The van der Waals surface area contributed by atoms with Gasteiger partial charge in [-0.1, -0.05) is 0 Å². The third kappa shape index (κ3) is 4.66. The maximum atomic E-state index is 10.9. The summed E-state index contributed by atoms with van der Waals surface area (Å²) in [5.41, 5.74) is -0.0951. The minimum absolute atomic E-state index is 0.240. The molecule has 0 aliphatic carbocycles. The van der Waals surface area contributed by atoms with Gasteiger partial charge < -0.3 is 5.32 Å². The largest absolute Gasteiger partial charge is 0.312 e. The standard InChI is InChI=1S/C13H15N3O4/c1-2-3-4-5-8-14-10-11-6-7-12(15(17)18)9-13(11)16(19)20/h1,6-7,9,14H,3-5,8,10H2. The maximum absolute atomic E-state index is 10.9. The number of nitro groups is 2. The van der Waals surface area contributed by atoms with Gasteiger partial charge in [-0.05, 0) is 25.5 Å². The van der Waals surface area contributed by atoms with E-state index >= 15 is 0 Å². The molecule has 106 valence electrons. The van der Waals surface area contributed by atoms with E-state index in [4.69, 9.17) is 6.42 Å². The minimum Gasteiger partial charge on any atom is -0.312 e. The molecule has 0 atom stereocenters. The minimum atomic E-state index is -0.649. The lowest BCUT2D eigenvalue weighted by Crippen LogP contribution is -2.15. The van der Waals surface area contributed by atoms with E-state index in [2.05, 4.69) is 11.2 Å². The van der Waals surface area contributed by atoms with E-state index in [1.165, 1.54) is 12.1 Å². The summed E-state index contributed by atoms with van der Waals surface area (Å²) in [7, 11) is 0. The van der Waals surface area contributed by atoms with Gasteiger partial charge in [0.2, 0.25) is 0 Å². The number of non-ortho nitro benzene ring substituents is 1. The number of rotatable bonds is 8. The van der Waals surface area contributed by atoms with Gasteiger partial charge in [-0.15, -0.1) is 12.3 Å². The fraction of sp³-hybridized carbons (Fsp3) is 0.385. The number of terminal acetylenes is 1. The Labute approximate surface area is 116 Å². The van der Waals surface area contributed by atoms with Crippen LogP contribution in [0.15, 0.2) is 18.2 Å². The van der Waals surface area contributed by atoms with Gasteiger partial charge in [0.05, 0.1) is 15.9 Å². The summed E-state index contributed by atoms with van der Waals surface area (Å²) in [5.74, 6) is 2.54. The lowest BCUT2D eigenvalue weighted by molar-refractivity contribution is -0.394. The molecule has 0 radical (unpaired) electrons. The van der Waals surface area contributed by atoms with Crippen molar-refractivity contribution in [1.82, 2.24) is 5.32 Å². The molecule has 20 heavy (non-hydrogen) atoms. The van der Waals surface area contributed by atoms with Crippen LogP contribution in [-0.4, -0.2) is 16.4 Å². The Hall–Kier alpha value is -2.46. The van der Waals surface area contributed by atoms with Crippen LogP contribution in [0.1, 0.15) is 24.8 Å². The van der Waals surface area contributed by atoms with Crippen molar-refractivity contribution < 1.29 is 9.85 Å². The Kier molecular flexibility index (Phi) is 6.13. The molecule has 1 aromatic carbocycles. The fourth-order valence-corrected chi connectivity index (χ4v) is 1.69. The third-order valence-corrected chi connectivity index (χ3v) is 2.72. The first-order valence-corrected chi connectivity index (χ1v) is 6.12. The highest BCUT2D eigenvalue weighted by Crippen LogP contribution is 2.24. The topological polar surface area (TPSA) is 98.3 Å². The Morgan fingerprint density at radius 1 is 1.20 bits per heavy atom. The van der Waals surface area contributed by atoms with E-state index in [9.17, 15) is 20.2 Å². The van der Waals surface area contributed by atoms with E-state index in [1.54, 1.807) is 0 Å². The first kappa shape index (κ1) is 15.6. The summed E-state index contributed by atoms with van der Waals surface area (Å²) in [4.78, 5) is 20.2. The number of benzene rings is 1. The highest BCUT2D eigenvalue weighted by Gasteiger charge is 2.18. The lowest BCUT2D eigenvalue weighted by atomic mass is 10.1. The highest BCUT2D eigenvalue weighted by molar-refractivity contribution is 5.49. The van der Waals surface area contributed by atoms with E-state index in [0.29, 0.717) is 25.1 Å². The van der Waals surface area contributed by atoms with Gasteiger partial charge in [0, 0.05) is 24.6 Å². The quantitative estimate of drug-likeness (QED) is 0.340. The molecule has 0 amide bonds. The van der Waals surface area contributed by atoms with Gasteiger partial charge in [-0.2, -0.15) is 0 Å². The summed E-state index contributed by atoms with van der Waals surface area (Å²) in [6.07, 6.45) is 7.61. The molecule has 0 heterocycles. The molecule has 0 fully saturated rings. The Bertz CT molecular complexity index is 537. The maximum Gasteiger partial charge on any atom is 0.280 e. The molecule has 7 nitrogen and oxygen atoms in total. The highest BCUT2D eigenvalue weighted by atomic mass is 16.6. The van der Waals surface area contributed by atoms with Crippen LogP contribution in [0.4, 0.5) is 11.4 Å². The van der Waals surface area contributed by atoms with Crippen LogP contribution in [-0.2, 0) is 6.54 Å². The summed E-state index contributed by atoms with van der Waals surface area (Å²) in [6, 6.07) is 3.66. The second kappa shape index (κ2) is 7.86. The Morgan fingerprint density at radius 3 is 2.55 bits per heavy atom. The molecule has 1 N–H and O–H groups in total. The first-order valence-electron chi connectivity index (χ1n) is 6.12. The average molecular weight is 277 g/mol. The fourth-order valence-electron chi connectivity index (χ4n) is 1.69. The van der Waals surface area contributed by atoms with Gasteiger partial charge in [0.25, 0.3) is 11.4 Å². The molecular weight excluding hydrogens is 262 g/mol. The summed E-state index contributed by atoms with van der Waals surface area (Å²) in [6.45, 7) is 0.986. The molecule has 0 saturated heterocycles. The van der Waals surface area contributed by atoms with Crippen molar-refractivity contribution >= 4 is 11.4 Å². The van der Waals surface area contributed by atoms with Crippen molar-refractivity contribution in [2.75, 3.05) is 6.54 Å². The van der Waals surface area contributed by atoms with E-state index < -0.39 is 9.85 Å².